The zero-order chi connectivity index (χ0) is 21.7. The number of carbonyl (C=O) groups excluding carboxylic acids is 1. The van der Waals surface area contributed by atoms with Crippen LogP contribution in [0.4, 0.5) is 0 Å². The lowest BCUT2D eigenvalue weighted by Crippen LogP contribution is -2.33. The number of allylic oxidation sites excluding steroid dienone is 1. The minimum Gasteiger partial charge on any atom is -0.299 e. The number of hydrogen-bond acceptors (Lipinski definition) is 5. The molecule has 30 heavy (non-hydrogen) atoms. The van der Waals surface area contributed by atoms with E-state index in [0.717, 1.165) is 16.9 Å². The van der Waals surface area contributed by atoms with Crippen LogP contribution >= 0.6 is 11.3 Å². The van der Waals surface area contributed by atoms with Crippen molar-refractivity contribution >= 4 is 28.8 Å². The summed E-state index contributed by atoms with van der Waals surface area (Å²) in [5.41, 5.74) is 1.93. The molecule has 5 nitrogen and oxygen atoms in total. The lowest BCUT2D eigenvalue weighted by atomic mass is 10.0. The third-order valence-electron chi connectivity index (χ3n) is 4.86. The number of nitrogens with zero attached hydrogens (tertiary/aromatic N) is 3. The van der Waals surface area contributed by atoms with E-state index in [1.807, 2.05) is 49.5 Å². The van der Waals surface area contributed by atoms with E-state index >= 15 is 0 Å². The highest BCUT2D eigenvalue weighted by Crippen LogP contribution is 2.23. The van der Waals surface area contributed by atoms with Crippen LogP contribution in [0.5, 0.6) is 0 Å². The highest BCUT2D eigenvalue weighted by Gasteiger charge is 2.15. The van der Waals surface area contributed by atoms with Crippen molar-refractivity contribution in [3.05, 3.63) is 92.0 Å². The smallest absolute Gasteiger partial charge is 0.252 e. The summed E-state index contributed by atoms with van der Waals surface area (Å²) in [7, 11) is 3.84. The quantitative estimate of drug-likeness (QED) is 0.414. The van der Waals surface area contributed by atoms with E-state index in [9.17, 15) is 14.9 Å². The second-order valence-corrected chi connectivity index (χ2v) is 8.06. The molecule has 1 atom stereocenters. The summed E-state index contributed by atoms with van der Waals surface area (Å²) < 4.78 is 1.64. The van der Waals surface area contributed by atoms with Gasteiger partial charge in [-0.05, 0) is 55.7 Å². The van der Waals surface area contributed by atoms with Crippen molar-refractivity contribution in [2.75, 3.05) is 14.1 Å². The van der Waals surface area contributed by atoms with Crippen LogP contribution in [-0.4, -0.2) is 29.3 Å². The number of aromatic nitrogens is 1. The Morgan fingerprint density at radius 1 is 1.20 bits per heavy atom. The van der Waals surface area contributed by atoms with Crippen LogP contribution in [0.2, 0.25) is 0 Å². The maximum atomic E-state index is 13.0. The van der Waals surface area contributed by atoms with Crippen molar-refractivity contribution in [2.45, 2.75) is 19.5 Å². The third-order valence-corrected chi connectivity index (χ3v) is 5.76. The minimum atomic E-state index is -0.220. The molecule has 0 N–H and O–H groups in total. The monoisotopic (exact) mass is 417 g/mol. The number of rotatable bonds is 7. The molecular formula is C24H23N3O2S. The van der Waals surface area contributed by atoms with Crippen LogP contribution in [0, 0.1) is 11.3 Å². The van der Waals surface area contributed by atoms with Gasteiger partial charge in [0.1, 0.15) is 6.07 Å². The Bertz CT molecular complexity index is 1170. The molecule has 0 saturated carbocycles. The third kappa shape index (κ3) is 4.65. The second-order valence-electron chi connectivity index (χ2n) is 7.12. The summed E-state index contributed by atoms with van der Waals surface area (Å²) >= 11 is 1.49. The van der Waals surface area contributed by atoms with Crippen LogP contribution in [0.1, 0.15) is 45.9 Å². The number of benzene rings is 1. The first kappa shape index (κ1) is 21.4. The largest absolute Gasteiger partial charge is 0.299 e. The Morgan fingerprint density at radius 2 is 1.97 bits per heavy atom. The van der Waals surface area contributed by atoms with Crippen LogP contribution in [0.3, 0.4) is 0 Å². The van der Waals surface area contributed by atoms with E-state index in [-0.39, 0.29) is 17.5 Å². The van der Waals surface area contributed by atoms with Crippen molar-refractivity contribution in [2.24, 2.45) is 0 Å². The van der Waals surface area contributed by atoms with Gasteiger partial charge in [0, 0.05) is 28.3 Å². The first-order valence-electron chi connectivity index (χ1n) is 9.63. The van der Waals surface area contributed by atoms with E-state index in [1.54, 1.807) is 41.1 Å². The molecule has 0 spiro atoms. The Morgan fingerprint density at radius 3 is 2.57 bits per heavy atom. The van der Waals surface area contributed by atoms with E-state index in [4.69, 9.17) is 0 Å². The molecule has 2 heterocycles. The molecule has 3 rings (SSSR count). The number of thiophene rings is 1. The van der Waals surface area contributed by atoms with Gasteiger partial charge in [0.25, 0.3) is 5.56 Å². The SMILES string of the molecule is CCC(N(C)C)n1ccc(C(=O)c2cccc(/C=C(\C#N)c3cccs3)c2)cc1=O. The molecule has 2 aromatic heterocycles. The maximum Gasteiger partial charge on any atom is 0.252 e. The number of hydrogen-bond donors (Lipinski definition) is 0. The van der Waals surface area contributed by atoms with Crippen molar-refractivity contribution in [3.63, 3.8) is 0 Å². The Hall–Kier alpha value is -3.27. The summed E-state index contributed by atoms with van der Waals surface area (Å²) in [6, 6.07) is 16.2. The van der Waals surface area contributed by atoms with E-state index < -0.39 is 0 Å². The molecular weight excluding hydrogens is 394 g/mol. The fourth-order valence-electron chi connectivity index (χ4n) is 3.38. The van der Waals surface area contributed by atoms with Gasteiger partial charge in [-0.15, -0.1) is 11.3 Å². The standard InChI is InChI=1S/C24H23N3O2S/c1-4-22(26(2)3)27-11-10-19(15-23(27)28)24(29)18-8-5-7-17(13-18)14-20(16-25)21-9-6-12-30-21/h5-15,22H,4H2,1-3H3/b20-14+. The van der Waals surface area contributed by atoms with Gasteiger partial charge in [0.15, 0.2) is 5.78 Å². The maximum absolute atomic E-state index is 13.0. The Labute approximate surface area is 180 Å². The van der Waals surface area contributed by atoms with Crippen LogP contribution in [0.25, 0.3) is 11.6 Å². The van der Waals surface area contributed by atoms with Crippen LogP contribution in [-0.2, 0) is 0 Å². The Kier molecular flexibility index (Phi) is 6.78. The van der Waals surface area contributed by atoms with E-state index in [2.05, 4.69) is 6.07 Å². The number of pyridine rings is 1. The molecule has 0 radical (unpaired) electrons. The first-order valence-corrected chi connectivity index (χ1v) is 10.5. The summed E-state index contributed by atoms with van der Waals surface area (Å²) in [5.74, 6) is -0.220. The van der Waals surface area contributed by atoms with Gasteiger partial charge in [-0.1, -0.05) is 31.2 Å². The van der Waals surface area contributed by atoms with Crippen LogP contribution < -0.4 is 5.56 Å². The zero-order valence-electron chi connectivity index (χ0n) is 17.2. The number of ketones is 1. The highest BCUT2D eigenvalue weighted by atomic mass is 32.1. The molecule has 6 heteroatoms. The van der Waals surface area contributed by atoms with Gasteiger partial charge in [0.05, 0.1) is 11.7 Å². The molecule has 0 aliphatic rings. The normalized spacial score (nSPS) is 12.6. The van der Waals surface area contributed by atoms with E-state index in [1.165, 1.54) is 17.4 Å². The number of nitriles is 1. The van der Waals surface area contributed by atoms with Gasteiger partial charge in [0.2, 0.25) is 0 Å². The average Bonchev–Trinajstić information content (AvgIpc) is 3.27. The summed E-state index contributed by atoms with van der Waals surface area (Å²) in [6.07, 6.45) is 4.17. The molecule has 0 fully saturated rings. The van der Waals surface area contributed by atoms with Gasteiger partial charge in [-0.2, -0.15) is 5.26 Å². The summed E-state index contributed by atoms with van der Waals surface area (Å²) in [5, 5.41) is 11.4. The minimum absolute atomic E-state index is 0.0585. The molecule has 1 unspecified atom stereocenters. The molecule has 152 valence electrons. The lowest BCUT2D eigenvalue weighted by molar-refractivity contribution is 0.103. The fraction of sp³-hybridized carbons (Fsp3) is 0.208. The van der Waals surface area contributed by atoms with Crippen LogP contribution in [0.15, 0.2) is 64.9 Å². The highest BCUT2D eigenvalue weighted by molar-refractivity contribution is 7.11. The summed E-state index contributed by atoms with van der Waals surface area (Å²) in [4.78, 5) is 28.4. The first-order chi connectivity index (χ1) is 14.4. The predicted molar refractivity (Wildman–Crippen MR) is 121 cm³/mol. The molecule has 0 aliphatic heterocycles. The fourth-order valence-corrected chi connectivity index (χ4v) is 4.07. The summed E-state index contributed by atoms with van der Waals surface area (Å²) in [6.45, 7) is 2.01. The number of carbonyl (C=O) groups is 1. The molecule has 0 saturated heterocycles. The Balaban J connectivity index is 1.91. The van der Waals surface area contributed by atoms with Gasteiger partial charge in [-0.25, -0.2) is 0 Å². The molecule has 1 aromatic carbocycles. The molecule has 0 aliphatic carbocycles. The average molecular weight is 418 g/mol. The van der Waals surface area contributed by atoms with Gasteiger partial charge in [-0.3, -0.25) is 19.1 Å². The van der Waals surface area contributed by atoms with Crippen molar-refractivity contribution in [3.8, 4) is 6.07 Å². The van der Waals surface area contributed by atoms with E-state index in [0.29, 0.717) is 16.7 Å². The lowest BCUT2D eigenvalue weighted by Gasteiger charge is -2.25. The topological polar surface area (TPSA) is 66.1 Å². The molecule has 0 bridgehead atoms. The van der Waals surface area contributed by atoms with Gasteiger partial charge >= 0.3 is 0 Å². The zero-order valence-corrected chi connectivity index (χ0v) is 18.0. The molecule has 3 aromatic rings. The molecule has 0 amide bonds. The van der Waals surface area contributed by atoms with Crippen molar-refractivity contribution in [1.82, 2.24) is 9.47 Å². The van der Waals surface area contributed by atoms with Crippen molar-refractivity contribution < 1.29 is 4.79 Å². The predicted octanol–water partition coefficient (Wildman–Crippen LogP) is 4.68. The van der Waals surface area contributed by atoms with Crippen molar-refractivity contribution in [1.29, 1.82) is 5.26 Å². The second kappa shape index (κ2) is 9.49. The van der Waals surface area contributed by atoms with Gasteiger partial charge < -0.3 is 0 Å².